The van der Waals surface area contributed by atoms with E-state index in [0.29, 0.717) is 17.0 Å². The minimum absolute atomic E-state index is 0.270. The van der Waals surface area contributed by atoms with E-state index in [1.165, 1.54) is 34.5 Å². The maximum absolute atomic E-state index is 13.0. The Morgan fingerprint density at radius 1 is 1.41 bits per heavy atom. The van der Waals surface area contributed by atoms with Crippen LogP contribution in [-0.4, -0.2) is 19.5 Å². The summed E-state index contributed by atoms with van der Waals surface area (Å²) in [6, 6.07) is 4.00. The van der Waals surface area contributed by atoms with Crippen molar-refractivity contribution in [3.63, 3.8) is 0 Å². The Morgan fingerprint density at radius 2 is 2.12 bits per heavy atom. The first-order valence-corrected chi connectivity index (χ1v) is 5.04. The lowest BCUT2D eigenvalue weighted by Gasteiger charge is -2.05. The summed E-state index contributed by atoms with van der Waals surface area (Å²) in [5.41, 5.74) is 0.681. The van der Waals surface area contributed by atoms with Gasteiger partial charge in [0.15, 0.2) is 5.82 Å². The number of aromatic nitrogens is 3. The van der Waals surface area contributed by atoms with E-state index in [1.807, 2.05) is 0 Å². The SMILES string of the molecule is Cn1nc(-c2ccc(F)cc2CO)n(C)c1=O. The molecular weight excluding hydrogens is 225 g/mol. The number of rotatable bonds is 2. The third kappa shape index (κ3) is 1.87. The Labute approximate surface area is 96.7 Å². The fourth-order valence-electron chi connectivity index (χ4n) is 1.71. The molecule has 5 nitrogen and oxygen atoms in total. The van der Waals surface area contributed by atoms with Gasteiger partial charge in [0.1, 0.15) is 5.82 Å². The van der Waals surface area contributed by atoms with Gasteiger partial charge in [-0.2, -0.15) is 0 Å². The molecule has 1 aromatic carbocycles. The highest BCUT2D eigenvalue weighted by Gasteiger charge is 2.13. The maximum atomic E-state index is 13.0. The molecule has 0 saturated carbocycles. The lowest BCUT2D eigenvalue weighted by atomic mass is 10.1. The summed E-state index contributed by atoms with van der Waals surface area (Å²) in [5, 5.41) is 13.2. The van der Waals surface area contributed by atoms with Gasteiger partial charge in [0.05, 0.1) is 6.61 Å². The van der Waals surface area contributed by atoms with E-state index in [-0.39, 0.29) is 12.3 Å². The summed E-state index contributed by atoms with van der Waals surface area (Å²) >= 11 is 0. The second kappa shape index (κ2) is 4.14. The number of aliphatic hydroxyl groups is 1. The normalized spacial score (nSPS) is 10.8. The average molecular weight is 237 g/mol. The van der Waals surface area contributed by atoms with Gasteiger partial charge < -0.3 is 5.11 Å². The van der Waals surface area contributed by atoms with Crippen LogP contribution in [-0.2, 0) is 20.7 Å². The molecule has 0 fully saturated rings. The number of hydrogen-bond acceptors (Lipinski definition) is 3. The van der Waals surface area contributed by atoms with Crippen molar-refractivity contribution >= 4 is 0 Å². The van der Waals surface area contributed by atoms with Gasteiger partial charge in [-0.15, -0.1) is 5.10 Å². The lowest BCUT2D eigenvalue weighted by Crippen LogP contribution is -2.20. The quantitative estimate of drug-likeness (QED) is 0.823. The van der Waals surface area contributed by atoms with Gasteiger partial charge in [-0.1, -0.05) is 0 Å². The van der Waals surface area contributed by atoms with Crippen molar-refractivity contribution in [1.29, 1.82) is 0 Å². The van der Waals surface area contributed by atoms with Crippen LogP contribution in [0.3, 0.4) is 0 Å². The van der Waals surface area contributed by atoms with Crippen LogP contribution < -0.4 is 5.69 Å². The summed E-state index contributed by atoms with van der Waals surface area (Å²) < 4.78 is 15.6. The predicted octanol–water partition coefficient (Wildman–Crippen LogP) is 0.417. The van der Waals surface area contributed by atoms with Gasteiger partial charge in [0.2, 0.25) is 0 Å². The third-order valence-corrected chi connectivity index (χ3v) is 2.60. The number of aryl methyl sites for hydroxylation is 1. The molecule has 1 heterocycles. The number of nitrogens with zero attached hydrogens (tertiary/aromatic N) is 3. The van der Waals surface area contributed by atoms with Gasteiger partial charge in [0, 0.05) is 19.7 Å². The fourth-order valence-corrected chi connectivity index (χ4v) is 1.71. The molecule has 0 unspecified atom stereocenters. The molecule has 0 amide bonds. The van der Waals surface area contributed by atoms with Crippen molar-refractivity contribution in [3.8, 4) is 11.4 Å². The molecule has 17 heavy (non-hydrogen) atoms. The predicted molar refractivity (Wildman–Crippen MR) is 59.8 cm³/mol. The van der Waals surface area contributed by atoms with E-state index in [1.54, 1.807) is 7.05 Å². The van der Waals surface area contributed by atoms with Crippen LogP contribution in [0.5, 0.6) is 0 Å². The molecule has 0 aliphatic heterocycles. The summed E-state index contributed by atoms with van der Waals surface area (Å²) in [4.78, 5) is 11.6. The summed E-state index contributed by atoms with van der Waals surface area (Å²) in [7, 11) is 3.11. The first kappa shape index (κ1) is 11.5. The Balaban J connectivity index is 2.68. The molecule has 6 heteroatoms. The van der Waals surface area contributed by atoms with Crippen LogP contribution in [0.25, 0.3) is 11.4 Å². The lowest BCUT2D eigenvalue weighted by molar-refractivity contribution is 0.281. The van der Waals surface area contributed by atoms with E-state index in [4.69, 9.17) is 0 Å². The van der Waals surface area contributed by atoms with Gasteiger partial charge in [-0.25, -0.2) is 13.9 Å². The zero-order valence-electron chi connectivity index (χ0n) is 9.51. The molecule has 2 rings (SSSR count). The number of hydrogen-bond donors (Lipinski definition) is 1. The molecule has 0 aliphatic rings. The second-order valence-electron chi connectivity index (χ2n) is 3.75. The van der Waals surface area contributed by atoms with Gasteiger partial charge in [-0.3, -0.25) is 4.57 Å². The highest BCUT2D eigenvalue weighted by atomic mass is 19.1. The molecule has 0 saturated heterocycles. The Morgan fingerprint density at radius 3 is 2.65 bits per heavy atom. The Kier molecular flexibility index (Phi) is 2.81. The zero-order chi connectivity index (χ0) is 12.6. The minimum Gasteiger partial charge on any atom is -0.392 e. The van der Waals surface area contributed by atoms with Crippen molar-refractivity contribution in [2.24, 2.45) is 14.1 Å². The maximum Gasteiger partial charge on any atom is 0.345 e. The summed E-state index contributed by atoms with van der Waals surface area (Å²) in [6.07, 6.45) is 0. The molecule has 1 N–H and O–H groups in total. The third-order valence-electron chi connectivity index (χ3n) is 2.60. The van der Waals surface area contributed by atoms with E-state index in [9.17, 15) is 14.3 Å². The topological polar surface area (TPSA) is 60.0 Å². The highest BCUT2D eigenvalue weighted by Crippen LogP contribution is 2.21. The molecule has 0 radical (unpaired) electrons. The summed E-state index contributed by atoms with van der Waals surface area (Å²) in [6.45, 7) is -0.308. The number of halogens is 1. The zero-order valence-corrected chi connectivity index (χ0v) is 9.51. The van der Waals surface area contributed by atoms with E-state index < -0.39 is 5.82 Å². The largest absolute Gasteiger partial charge is 0.392 e. The van der Waals surface area contributed by atoms with Crippen molar-refractivity contribution in [2.45, 2.75) is 6.61 Å². The number of aliphatic hydroxyl groups excluding tert-OH is 1. The van der Waals surface area contributed by atoms with Crippen LogP contribution in [0.15, 0.2) is 23.0 Å². The molecule has 0 bridgehead atoms. The molecule has 0 aliphatic carbocycles. The van der Waals surface area contributed by atoms with E-state index in [0.717, 1.165) is 0 Å². The first-order chi connectivity index (χ1) is 8.04. The molecule has 2 aromatic rings. The molecule has 0 spiro atoms. The van der Waals surface area contributed by atoms with Crippen LogP contribution >= 0.6 is 0 Å². The van der Waals surface area contributed by atoms with E-state index >= 15 is 0 Å². The Bertz CT molecular complexity index is 616. The monoisotopic (exact) mass is 237 g/mol. The van der Waals surface area contributed by atoms with Crippen LogP contribution in [0.2, 0.25) is 0 Å². The van der Waals surface area contributed by atoms with Gasteiger partial charge >= 0.3 is 5.69 Å². The van der Waals surface area contributed by atoms with Crippen molar-refractivity contribution < 1.29 is 9.50 Å². The van der Waals surface area contributed by atoms with Crippen molar-refractivity contribution in [3.05, 3.63) is 40.1 Å². The highest BCUT2D eigenvalue weighted by molar-refractivity contribution is 5.60. The van der Waals surface area contributed by atoms with Crippen LogP contribution in [0, 0.1) is 5.82 Å². The average Bonchev–Trinajstić information content (AvgIpc) is 2.57. The molecule has 90 valence electrons. The first-order valence-electron chi connectivity index (χ1n) is 5.04. The number of benzene rings is 1. The van der Waals surface area contributed by atoms with Gasteiger partial charge in [0.25, 0.3) is 0 Å². The summed E-state index contributed by atoms with van der Waals surface area (Å²) in [5.74, 6) is -0.0275. The van der Waals surface area contributed by atoms with Crippen molar-refractivity contribution in [1.82, 2.24) is 14.3 Å². The van der Waals surface area contributed by atoms with Crippen LogP contribution in [0.1, 0.15) is 5.56 Å². The fraction of sp³-hybridized carbons (Fsp3) is 0.273. The minimum atomic E-state index is -0.432. The van der Waals surface area contributed by atoms with E-state index in [2.05, 4.69) is 5.10 Å². The molecule has 1 aromatic heterocycles. The van der Waals surface area contributed by atoms with Crippen molar-refractivity contribution in [2.75, 3.05) is 0 Å². The Hall–Kier alpha value is -1.95. The smallest absolute Gasteiger partial charge is 0.345 e. The molecule has 0 atom stereocenters. The van der Waals surface area contributed by atoms with Crippen LogP contribution in [0.4, 0.5) is 4.39 Å². The standard InChI is InChI=1S/C11H12FN3O2/c1-14-10(13-15(2)11(14)17)9-4-3-8(12)5-7(9)6-16/h3-5,16H,6H2,1-2H3. The second-order valence-corrected chi connectivity index (χ2v) is 3.75. The van der Waals surface area contributed by atoms with Gasteiger partial charge in [-0.05, 0) is 23.8 Å². The molecular formula is C11H12FN3O2.